The van der Waals surface area contributed by atoms with Crippen molar-refractivity contribution in [1.29, 1.82) is 0 Å². The standard InChI is InChI=1S/C20H24FN3O2/c1-20(2,3)26-19(25)23-11-18-16(13-6-8-15(21)9-7-13)10-22-24(18)12-17(23)14-4-5-14/h6-10,14,17H,4-5,11-12H2,1-3H3. The van der Waals surface area contributed by atoms with Crippen LogP contribution < -0.4 is 0 Å². The molecule has 6 heteroatoms. The highest BCUT2D eigenvalue weighted by Crippen LogP contribution is 2.40. The average Bonchev–Trinajstić information content (AvgIpc) is 3.33. The number of rotatable bonds is 2. The van der Waals surface area contributed by atoms with Crippen LogP contribution in [0.3, 0.4) is 0 Å². The maximum atomic E-state index is 13.2. The third kappa shape index (κ3) is 3.32. The lowest BCUT2D eigenvalue weighted by molar-refractivity contribution is 0.00372. The van der Waals surface area contributed by atoms with Crippen LogP contribution in [0.15, 0.2) is 30.5 Å². The van der Waals surface area contributed by atoms with E-state index in [0.29, 0.717) is 19.0 Å². The van der Waals surface area contributed by atoms with E-state index >= 15 is 0 Å². The molecule has 26 heavy (non-hydrogen) atoms. The molecule has 1 amide bonds. The lowest BCUT2D eigenvalue weighted by atomic mass is 10.0. The molecule has 1 aromatic carbocycles. The van der Waals surface area contributed by atoms with Crippen LogP contribution in [-0.4, -0.2) is 32.4 Å². The third-order valence-corrected chi connectivity index (χ3v) is 4.98. The van der Waals surface area contributed by atoms with E-state index in [2.05, 4.69) is 5.10 Å². The number of carbonyl (C=O) groups is 1. The van der Waals surface area contributed by atoms with Crippen LogP contribution in [-0.2, 0) is 17.8 Å². The van der Waals surface area contributed by atoms with Gasteiger partial charge in [-0.15, -0.1) is 0 Å². The van der Waals surface area contributed by atoms with Gasteiger partial charge in [0.1, 0.15) is 11.4 Å². The SMILES string of the molecule is CC(C)(C)OC(=O)N1Cc2c(-c3ccc(F)cc3)cnn2CC1C1CC1. The summed E-state index contributed by atoms with van der Waals surface area (Å²) < 4.78 is 20.9. The van der Waals surface area contributed by atoms with Gasteiger partial charge >= 0.3 is 6.09 Å². The Hall–Kier alpha value is -2.37. The fourth-order valence-corrected chi connectivity index (χ4v) is 3.56. The van der Waals surface area contributed by atoms with Gasteiger partial charge in [0.25, 0.3) is 0 Å². The Labute approximate surface area is 152 Å². The summed E-state index contributed by atoms with van der Waals surface area (Å²) in [5, 5.41) is 4.53. The number of carbonyl (C=O) groups excluding carboxylic acids is 1. The first-order chi connectivity index (χ1) is 12.3. The first-order valence-electron chi connectivity index (χ1n) is 9.12. The van der Waals surface area contributed by atoms with Gasteiger partial charge in [-0.1, -0.05) is 12.1 Å². The zero-order valence-corrected chi connectivity index (χ0v) is 15.4. The van der Waals surface area contributed by atoms with Crippen LogP contribution in [0.1, 0.15) is 39.3 Å². The number of hydrogen-bond acceptors (Lipinski definition) is 3. The van der Waals surface area contributed by atoms with E-state index in [-0.39, 0.29) is 18.0 Å². The zero-order chi connectivity index (χ0) is 18.5. The topological polar surface area (TPSA) is 47.4 Å². The van der Waals surface area contributed by atoms with E-state index < -0.39 is 5.60 Å². The predicted octanol–water partition coefficient (Wildman–Crippen LogP) is 4.22. The summed E-state index contributed by atoms with van der Waals surface area (Å²) in [5.41, 5.74) is 2.29. The van der Waals surface area contributed by atoms with Crippen LogP contribution in [0.4, 0.5) is 9.18 Å². The quantitative estimate of drug-likeness (QED) is 0.808. The minimum absolute atomic E-state index is 0.123. The number of amides is 1. The zero-order valence-electron chi connectivity index (χ0n) is 15.4. The molecule has 1 aliphatic heterocycles. The van der Waals surface area contributed by atoms with Crippen molar-refractivity contribution < 1.29 is 13.9 Å². The van der Waals surface area contributed by atoms with Gasteiger partial charge in [-0.3, -0.25) is 9.58 Å². The summed E-state index contributed by atoms with van der Waals surface area (Å²) in [4.78, 5) is 14.7. The molecule has 1 unspecified atom stereocenters. The molecule has 2 aromatic rings. The molecule has 1 saturated carbocycles. The van der Waals surface area contributed by atoms with E-state index in [4.69, 9.17) is 4.74 Å². The molecule has 0 radical (unpaired) electrons. The van der Waals surface area contributed by atoms with Crippen molar-refractivity contribution in [1.82, 2.24) is 14.7 Å². The fraction of sp³-hybridized carbons (Fsp3) is 0.500. The Morgan fingerprint density at radius 2 is 1.92 bits per heavy atom. The van der Waals surface area contributed by atoms with E-state index in [1.54, 1.807) is 12.1 Å². The minimum Gasteiger partial charge on any atom is -0.444 e. The number of fused-ring (bicyclic) bond motifs is 1. The van der Waals surface area contributed by atoms with Gasteiger partial charge in [-0.2, -0.15) is 5.10 Å². The second-order valence-corrected chi connectivity index (χ2v) is 8.21. The Balaban J connectivity index is 1.66. The van der Waals surface area contributed by atoms with Crippen molar-refractivity contribution in [3.8, 4) is 11.1 Å². The molecule has 5 nitrogen and oxygen atoms in total. The lowest BCUT2D eigenvalue weighted by Crippen LogP contribution is -2.49. The van der Waals surface area contributed by atoms with Crippen LogP contribution in [0.5, 0.6) is 0 Å². The van der Waals surface area contributed by atoms with Gasteiger partial charge in [-0.25, -0.2) is 9.18 Å². The normalized spacial score (nSPS) is 20.0. The summed E-state index contributed by atoms with van der Waals surface area (Å²) in [6, 6.07) is 6.51. The molecule has 0 N–H and O–H groups in total. The van der Waals surface area contributed by atoms with Gasteiger partial charge in [0.05, 0.1) is 31.0 Å². The summed E-state index contributed by atoms with van der Waals surface area (Å²) in [6.07, 6.45) is 3.83. The highest BCUT2D eigenvalue weighted by Gasteiger charge is 2.42. The Morgan fingerprint density at radius 1 is 1.23 bits per heavy atom. The Morgan fingerprint density at radius 3 is 2.54 bits per heavy atom. The van der Waals surface area contributed by atoms with Crippen molar-refractivity contribution in [2.24, 2.45) is 5.92 Å². The average molecular weight is 357 g/mol. The van der Waals surface area contributed by atoms with Crippen LogP contribution >= 0.6 is 0 Å². The van der Waals surface area contributed by atoms with Gasteiger partial charge in [0, 0.05) is 5.56 Å². The monoisotopic (exact) mass is 357 g/mol. The molecular formula is C20H24FN3O2. The molecule has 0 saturated heterocycles. The number of nitrogens with zero attached hydrogens (tertiary/aromatic N) is 3. The van der Waals surface area contributed by atoms with Crippen LogP contribution in [0.25, 0.3) is 11.1 Å². The van der Waals surface area contributed by atoms with E-state index in [9.17, 15) is 9.18 Å². The van der Waals surface area contributed by atoms with Gasteiger partial charge in [0.15, 0.2) is 0 Å². The smallest absolute Gasteiger partial charge is 0.410 e. The first-order valence-corrected chi connectivity index (χ1v) is 9.12. The Bertz CT molecular complexity index is 819. The van der Waals surface area contributed by atoms with Crippen molar-refractivity contribution in [2.45, 2.75) is 58.3 Å². The highest BCUT2D eigenvalue weighted by molar-refractivity contribution is 5.71. The molecule has 138 valence electrons. The van der Waals surface area contributed by atoms with Gasteiger partial charge in [0.2, 0.25) is 0 Å². The van der Waals surface area contributed by atoms with Crippen LogP contribution in [0, 0.1) is 11.7 Å². The van der Waals surface area contributed by atoms with Gasteiger partial charge < -0.3 is 4.74 Å². The molecular weight excluding hydrogens is 333 g/mol. The summed E-state index contributed by atoms with van der Waals surface area (Å²) in [5.74, 6) is 0.258. The number of ether oxygens (including phenoxy) is 1. The number of halogens is 1. The summed E-state index contributed by atoms with van der Waals surface area (Å²) in [6.45, 7) is 6.79. The number of aromatic nitrogens is 2. The maximum Gasteiger partial charge on any atom is 0.410 e. The van der Waals surface area contributed by atoms with Crippen molar-refractivity contribution >= 4 is 6.09 Å². The van der Waals surface area contributed by atoms with E-state index in [0.717, 1.165) is 29.7 Å². The van der Waals surface area contributed by atoms with Crippen molar-refractivity contribution in [2.75, 3.05) is 0 Å². The van der Waals surface area contributed by atoms with E-state index in [1.807, 2.05) is 36.5 Å². The molecule has 4 rings (SSSR count). The second-order valence-electron chi connectivity index (χ2n) is 8.21. The Kier molecular flexibility index (Phi) is 4.01. The maximum absolute atomic E-state index is 13.2. The van der Waals surface area contributed by atoms with Crippen molar-refractivity contribution in [3.05, 3.63) is 42.0 Å². The fourth-order valence-electron chi connectivity index (χ4n) is 3.56. The van der Waals surface area contributed by atoms with Crippen LogP contribution in [0.2, 0.25) is 0 Å². The lowest BCUT2D eigenvalue weighted by Gasteiger charge is -2.37. The largest absolute Gasteiger partial charge is 0.444 e. The number of benzene rings is 1. The van der Waals surface area contributed by atoms with Crippen molar-refractivity contribution in [3.63, 3.8) is 0 Å². The molecule has 1 aliphatic carbocycles. The third-order valence-electron chi connectivity index (χ3n) is 4.98. The second kappa shape index (κ2) is 6.11. The first kappa shape index (κ1) is 17.1. The summed E-state index contributed by atoms with van der Waals surface area (Å²) in [7, 11) is 0. The molecule has 0 spiro atoms. The molecule has 2 heterocycles. The molecule has 1 atom stereocenters. The van der Waals surface area contributed by atoms with E-state index in [1.165, 1.54) is 12.1 Å². The predicted molar refractivity (Wildman–Crippen MR) is 95.9 cm³/mol. The summed E-state index contributed by atoms with van der Waals surface area (Å²) >= 11 is 0. The number of hydrogen-bond donors (Lipinski definition) is 0. The molecule has 1 aromatic heterocycles. The molecule has 1 fully saturated rings. The molecule has 2 aliphatic rings. The highest BCUT2D eigenvalue weighted by atomic mass is 19.1. The minimum atomic E-state index is -0.525. The molecule has 0 bridgehead atoms. The van der Waals surface area contributed by atoms with Gasteiger partial charge in [-0.05, 0) is 57.2 Å².